The highest BCUT2D eigenvalue weighted by Crippen LogP contribution is 2.44. The molecule has 8 heteroatoms. The third kappa shape index (κ3) is 7.33. The zero-order valence-corrected chi connectivity index (χ0v) is 26.2. The van der Waals surface area contributed by atoms with E-state index < -0.39 is 41.4 Å². The first kappa shape index (κ1) is 31.7. The Kier molecular flexibility index (Phi) is 9.51. The number of esters is 1. The number of β-lactam (4-membered cyclic amide) rings is 1. The van der Waals surface area contributed by atoms with E-state index in [4.69, 9.17) is 4.74 Å². The minimum atomic E-state index is -1.14. The van der Waals surface area contributed by atoms with Crippen molar-refractivity contribution in [3.05, 3.63) is 114 Å². The normalized spacial score (nSPS) is 22.8. The Labute approximate surface area is 264 Å². The summed E-state index contributed by atoms with van der Waals surface area (Å²) in [7, 11) is 0. The Morgan fingerprint density at radius 1 is 0.933 bits per heavy atom. The van der Waals surface area contributed by atoms with Crippen LogP contribution in [0.1, 0.15) is 62.8 Å². The molecule has 3 amide bonds. The second-order valence-corrected chi connectivity index (χ2v) is 12.8. The first-order valence-corrected chi connectivity index (χ1v) is 15.5. The summed E-state index contributed by atoms with van der Waals surface area (Å²) >= 11 is 0. The van der Waals surface area contributed by atoms with Crippen molar-refractivity contribution in [3.8, 4) is 0 Å². The second kappa shape index (κ2) is 13.5. The van der Waals surface area contributed by atoms with Gasteiger partial charge in [-0.1, -0.05) is 103 Å². The number of likely N-dealkylation sites (tertiary alicyclic amines) is 1. The Balaban J connectivity index is 1.50. The molecule has 0 aliphatic carbocycles. The molecule has 2 aliphatic heterocycles. The van der Waals surface area contributed by atoms with E-state index in [0.717, 1.165) is 16.7 Å². The number of benzene rings is 3. The van der Waals surface area contributed by atoms with Gasteiger partial charge in [0.25, 0.3) is 0 Å². The van der Waals surface area contributed by atoms with Gasteiger partial charge in [-0.2, -0.15) is 0 Å². The number of hydrogen-bond acceptors (Lipinski definition) is 5. The van der Waals surface area contributed by atoms with Gasteiger partial charge in [-0.05, 0) is 44.4 Å². The monoisotopic (exact) mass is 607 g/mol. The van der Waals surface area contributed by atoms with E-state index in [-0.39, 0.29) is 30.2 Å². The molecule has 0 bridgehead atoms. The summed E-state index contributed by atoms with van der Waals surface area (Å²) in [6.07, 6.45) is 3.46. The predicted molar refractivity (Wildman–Crippen MR) is 173 cm³/mol. The lowest BCUT2D eigenvalue weighted by Gasteiger charge is -2.51. The number of rotatable bonds is 10. The van der Waals surface area contributed by atoms with E-state index in [1.54, 1.807) is 20.8 Å². The quantitative estimate of drug-likeness (QED) is 0.248. The van der Waals surface area contributed by atoms with E-state index in [1.165, 1.54) is 4.90 Å². The molecule has 45 heavy (non-hydrogen) atoms. The van der Waals surface area contributed by atoms with Gasteiger partial charge in [-0.3, -0.25) is 19.2 Å². The fourth-order valence-corrected chi connectivity index (χ4v) is 6.34. The summed E-state index contributed by atoms with van der Waals surface area (Å²) in [5, 5.41) is 5.98. The van der Waals surface area contributed by atoms with Gasteiger partial charge in [0.05, 0.1) is 30.3 Å². The van der Waals surface area contributed by atoms with Crippen molar-refractivity contribution in [2.45, 2.75) is 63.8 Å². The van der Waals surface area contributed by atoms with E-state index in [1.807, 2.05) is 110 Å². The summed E-state index contributed by atoms with van der Waals surface area (Å²) in [4.78, 5) is 56.2. The average molecular weight is 608 g/mol. The zero-order chi connectivity index (χ0) is 32.1. The maximum atomic E-state index is 14.2. The highest BCUT2D eigenvalue weighted by atomic mass is 16.6. The summed E-state index contributed by atoms with van der Waals surface area (Å²) < 4.78 is 5.61. The zero-order valence-electron chi connectivity index (χ0n) is 26.2. The standard InChI is InChI=1S/C37H41N3O5/c1-24(26-16-10-6-11-17-26)39-34(42)30(22-31(41)45-37(2,3)4)40-29(21-20-25-14-8-5-9-15-25)33(36(40)44)32-28(23-38-35(32)43)27-18-12-7-13-19-27/h5-21,24,28-30,32-33H,22-23H2,1-4H3,(H,38,43)(H,39,42)/t24-,28+,29+,30+,32?,33+/m0/s1. The lowest BCUT2D eigenvalue weighted by Crippen LogP contribution is -2.69. The van der Waals surface area contributed by atoms with Gasteiger partial charge in [0.15, 0.2) is 0 Å². The van der Waals surface area contributed by atoms with Crippen molar-refractivity contribution in [2.24, 2.45) is 11.8 Å². The number of ether oxygens (including phenoxy) is 1. The van der Waals surface area contributed by atoms with Gasteiger partial charge in [-0.15, -0.1) is 0 Å². The molecule has 2 heterocycles. The van der Waals surface area contributed by atoms with Gasteiger partial charge >= 0.3 is 5.97 Å². The Bertz CT molecular complexity index is 1530. The first-order valence-electron chi connectivity index (χ1n) is 15.5. The first-order chi connectivity index (χ1) is 21.5. The second-order valence-electron chi connectivity index (χ2n) is 12.8. The number of hydrogen-bond donors (Lipinski definition) is 2. The van der Waals surface area contributed by atoms with Crippen molar-refractivity contribution in [2.75, 3.05) is 6.54 Å². The van der Waals surface area contributed by atoms with Gasteiger partial charge in [0.2, 0.25) is 17.7 Å². The molecule has 0 aromatic heterocycles. The fraction of sp³-hybridized carbons (Fsp3) is 0.351. The average Bonchev–Trinajstić information content (AvgIpc) is 3.39. The van der Waals surface area contributed by atoms with Crippen LogP contribution in [0.15, 0.2) is 97.1 Å². The molecule has 2 aliphatic rings. The number of carbonyl (C=O) groups is 4. The van der Waals surface area contributed by atoms with Gasteiger partial charge in [0, 0.05) is 12.5 Å². The van der Waals surface area contributed by atoms with Crippen LogP contribution in [-0.4, -0.2) is 52.8 Å². The topological polar surface area (TPSA) is 105 Å². The van der Waals surface area contributed by atoms with Crippen LogP contribution in [0, 0.1) is 11.8 Å². The van der Waals surface area contributed by atoms with Crippen LogP contribution in [0.5, 0.6) is 0 Å². The predicted octanol–water partition coefficient (Wildman–Crippen LogP) is 5.03. The molecule has 234 valence electrons. The van der Waals surface area contributed by atoms with Crippen molar-refractivity contribution >= 4 is 29.8 Å². The molecule has 3 aromatic rings. The van der Waals surface area contributed by atoms with E-state index >= 15 is 0 Å². The van der Waals surface area contributed by atoms with Crippen LogP contribution in [0.4, 0.5) is 0 Å². The molecule has 3 aromatic carbocycles. The van der Waals surface area contributed by atoms with E-state index in [9.17, 15) is 19.2 Å². The van der Waals surface area contributed by atoms with E-state index in [2.05, 4.69) is 10.6 Å². The minimum Gasteiger partial charge on any atom is -0.460 e. The van der Waals surface area contributed by atoms with Crippen molar-refractivity contribution in [1.82, 2.24) is 15.5 Å². The highest BCUT2D eigenvalue weighted by Gasteiger charge is 2.59. The lowest BCUT2D eigenvalue weighted by molar-refractivity contribution is -0.171. The fourth-order valence-electron chi connectivity index (χ4n) is 6.34. The SMILES string of the molecule is C[C@H](NC(=O)[C@@H](CC(=O)OC(C)(C)C)N1C(=O)[C@@H](C2C(=O)NC[C@@H]2c2ccccc2)[C@H]1C=Cc1ccccc1)c1ccccc1. The number of amides is 3. The molecule has 2 saturated heterocycles. The van der Waals surface area contributed by atoms with Gasteiger partial charge < -0.3 is 20.3 Å². The molecular weight excluding hydrogens is 566 g/mol. The summed E-state index contributed by atoms with van der Waals surface area (Å²) in [6, 6.07) is 26.7. The molecule has 0 saturated carbocycles. The summed E-state index contributed by atoms with van der Waals surface area (Å²) in [5.74, 6) is -3.12. The van der Waals surface area contributed by atoms with Crippen LogP contribution < -0.4 is 10.6 Å². The molecule has 5 rings (SSSR count). The van der Waals surface area contributed by atoms with Gasteiger partial charge in [-0.25, -0.2) is 0 Å². The smallest absolute Gasteiger partial charge is 0.308 e. The number of carbonyl (C=O) groups excluding carboxylic acids is 4. The van der Waals surface area contributed by atoms with E-state index in [0.29, 0.717) is 6.54 Å². The van der Waals surface area contributed by atoms with Crippen LogP contribution in [-0.2, 0) is 23.9 Å². The molecule has 2 N–H and O–H groups in total. The summed E-state index contributed by atoms with van der Waals surface area (Å²) in [6.45, 7) is 7.56. The molecule has 1 unspecified atom stereocenters. The van der Waals surface area contributed by atoms with Crippen LogP contribution >= 0.6 is 0 Å². The molecule has 6 atom stereocenters. The highest BCUT2D eigenvalue weighted by molar-refractivity contribution is 5.99. The number of nitrogens with one attached hydrogen (secondary N) is 2. The molecule has 0 spiro atoms. The Morgan fingerprint density at radius 3 is 2.16 bits per heavy atom. The Morgan fingerprint density at radius 2 is 1.53 bits per heavy atom. The molecular formula is C37H41N3O5. The number of nitrogens with zero attached hydrogens (tertiary/aromatic N) is 1. The molecule has 2 fully saturated rings. The minimum absolute atomic E-state index is 0.189. The van der Waals surface area contributed by atoms with Crippen LogP contribution in [0.3, 0.4) is 0 Å². The van der Waals surface area contributed by atoms with Crippen molar-refractivity contribution in [1.29, 1.82) is 0 Å². The van der Waals surface area contributed by atoms with Crippen molar-refractivity contribution in [3.63, 3.8) is 0 Å². The third-order valence-electron chi connectivity index (χ3n) is 8.44. The third-order valence-corrected chi connectivity index (χ3v) is 8.44. The molecule has 8 nitrogen and oxygen atoms in total. The largest absolute Gasteiger partial charge is 0.460 e. The summed E-state index contributed by atoms with van der Waals surface area (Å²) in [5.41, 5.74) is 2.01. The van der Waals surface area contributed by atoms with Gasteiger partial charge in [0.1, 0.15) is 11.6 Å². The maximum Gasteiger partial charge on any atom is 0.308 e. The molecule has 0 radical (unpaired) electrons. The van der Waals surface area contributed by atoms with Crippen molar-refractivity contribution < 1.29 is 23.9 Å². The van der Waals surface area contributed by atoms with Crippen LogP contribution in [0.25, 0.3) is 6.08 Å². The maximum absolute atomic E-state index is 14.2. The van der Waals surface area contributed by atoms with Crippen LogP contribution in [0.2, 0.25) is 0 Å². The Hall–Kier alpha value is -4.72. The lowest BCUT2D eigenvalue weighted by atomic mass is 9.70.